The molecule has 0 aliphatic heterocycles. The van der Waals surface area contributed by atoms with E-state index in [0.717, 1.165) is 0 Å². The summed E-state index contributed by atoms with van der Waals surface area (Å²) in [5.74, 6) is -0.0157. The molecular formula is C15H18O6. The standard InChI is InChI=1S/C15H18O6/c1-18-12-6-5-10(8-13(12)19-2)7-11(15(17)21-4)9-14(16)20-3/h5-8H,9H2,1-4H3. The van der Waals surface area contributed by atoms with Crippen LogP contribution in [0.15, 0.2) is 23.8 Å². The fraction of sp³-hybridized carbons (Fsp3) is 0.333. The van der Waals surface area contributed by atoms with Crippen LogP contribution >= 0.6 is 0 Å². The first-order valence-electron chi connectivity index (χ1n) is 6.13. The molecule has 1 aromatic carbocycles. The first-order chi connectivity index (χ1) is 10.0. The number of methoxy groups -OCH3 is 4. The van der Waals surface area contributed by atoms with Crippen LogP contribution in [-0.4, -0.2) is 40.4 Å². The number of benzene rings is 1. The Morgan fingerprint density at radius 2 is 1.67 bits per heavy atom. The molecule has 21 heavy (non-hydrogen) atoms. The van der Waals surface area contributed by atoms with E-state index in [2.05, 4.69) is 9.47 Å². The van der Waals surface area contributed by atoms with E-state index in [9.17, 15) is 9.59 Å². The van der Waals surface area contributed by atoms with E-state index < -0.39 is 11.9 Å². The summed E-state index contributed by atoms with van der Waals surface area (Å²) in [7, 11) is 5.56. The largest absolute Gasteiger partial charge is 0.493 e. The molecule has 0 saturated heterocycles. The average Bonchev–Trinajstić information content (AvgIpc) is 2.52. The highest BCUT2D eigenvalue weighted by molar-refractivity contribution is 5.98. The molecule has 1 rings (SSSR count). The lowest BCUT2D eigenvalue weighted by Gasteiger charge is -2.09. The van der Waals surface area contributed by atoms with Gasteiger partial charge >= 0.3 is 11.9 Å². The van der Waals surface area contributed by atoms with Crippen molar-refractivity contribution in [3.8, 4) is 11.5 Å². The van der Waals surface area contributed by atoms with Gasteiger partial charge in [-0.2, -0.15) is 0 Å². The van der Waals surface area contributed by atoms with Gasteiger partial charge in [0, 0.05) is 5.57 Å². The van der Waals surface area contributed by atoms with Crippen LogP contribution < -0.4 is 9.47 Å². The van der Waals surface area contributed by atoms with Crippen LogP contribution in [0.4, 0.5) is 0 Å². The fourth-order valence-corrected chi connectivity index (χ4v) is 1.68. The smallest absolute Gasteiger partial charge is 0.334 e. The van der Waals surface area contributed by atoms with Gasteiger partial charge in [0.05, 0.1) is 34.9 Å². The second-order valence-corrected chi connectivity index (χ2v) is 4.03. The van der Waals surface area contributed by atoms with E-state index in [1.165, 1.54) is 28.4 Å². The summed E-state index contributed by atoms with van der Waals surface area (Å²) in [6, 6.07) is 5.14. The van der Waals surface area contributed by atoms with Gasteiger partial charge in [0.2, 0.25) is 0 Å². The first kappa shape index (κ1) is 16.6. The second kappa shape index (κ2) is 7.94. The Bertz CT molecular complexity index is 547. The molecule has 0 aliphatic carbocycles. The number of hydrogen-bond donors (Lipinski definition) is 0. The van der Waals surface area contributed by atoms with Gasteiger partial charge in [0.25, 0.3) is 0 Å². The molecule has 0 radical (unpaired) electrons. The fourth-order valence-electron chi connectivity index (χ4n) is 1.68. The molecule has 0 spiro atoms. The molecule has 0 aromatic heterocycles. The maximum Gasteiger partial charge on any atom is 0.334 e. The molecule has 114 valence electrons. The van der Waals surface area contributed by atoms with Crippen LogP contribution in [0, 0.1) is 0 Å². The van der Waals surface area contributed by atoms with Gasteiger partial charge in [-0.05, 0) is 23.8 Å². The quantitative estimate of drug-likeness (QED) is 0.589. The third-order valence-electron chi connectivity index (χ3n) is 2.76. The average molecular weight is 294 g/mol. The zero-order valence-electron chi connectivity index (χ0n) is 12.5. The maximum atomic E-state index is 11.7. The lowest BCUT2D eigenvalue weighted by atomic mass is 10.1. The van der Waals surface area contributed by atoms with Crippen LogP contribution in [-0.2, 0) is 19.1 Å². The normalized spacial score (nSPS) is 10.8. The number of rotatable bonds is 6. The SMILES string of the molecule is COC(=O)CC(=Cc1ccc(OC)c(OC)c1)C(=O)OC. The van der Waals surface area contributed by atoms with E-state index in [1.807, 2.05) is 0 Å². The van der Waals surface area contributed by atoms with Crippen molar-refractivity contribution in [3.05, 3.63) is 29.3 Å². The molecule has 0 bridgehead atoms. The summed E-state index contributed by atoms with van der Waals surface area (Å²) >= 11 is 0. The maximum absolute atomic E-state index is 11.7. The molecular weight excluding hydrogens is 276 g/mol. The molecule has 0 atom stereocenters. The molecule has 0 fully saturated rings. The van der Waals surface area contributed by atoms with Crippen LogP contribution in [0.3, 0.4) is 0 Å². The Hall–Kier alpha value is -2.50. The van der Waals surface area contributed by atoms with Crippen molar-refractivity contribution >= 4 is 18.0 Å². The van der Waals surface area contributed by atoms with Crippen molar-refractivity contribution in [3.63, 3.8) is 0 Å². The van der Waals surface area contributed by atoms with Gasteiger partial charge in [-0.3, -0.25) is 4.79 Å². The number of carbonyl (C=O) groups is 2. The number of hydrogen-bond acceptors (Lipinski definition) is 6. The van der Waals surface area contributed by atoms with Gasteiger partial charge in [-0.25, -0.2) is 4.79 Å². The highest BCUT2D eigenvalue weighted by Gasteiger charge is 2.15. The van der Waals surface area contributed by atoms with E-state index in [1.54, 1.807) is 24.3 Å². The summed E-state index contributed by atoms with van der Waals surface area (Å²) in [4.78, 5) is 23.0. The van der Waals surface area contributed by atoms with Gasteiger partial charge in [-0.1, -0.05) is 6.07 Å². The predicted octanol–water partition coefficient (Wildman–Crippen LogP) is 1.82. The van der Waals surface area contributed by atoms with Gasteiger partial charge in [0.15, 0.2) is 11.5 Å². The summed E-state index contributed by atoms with van der Waals surface area (Å²) < 4.78 is 19.5. The van der Waals surface area contributed by atoms with Gasteiger partial charge < -0.3 is 18.9 Å². The minimum absolute atomic E-state index is 0.169. The molecule has 0 saturated carbocycles. The Kier molecular flexibility index (Phi) is 6.26. The molecule has 0 amide bonds. The van der Waals surface area contributed by atoms with E-state index in [4.69, 9.17) is 9.47 Å². The van der Waals surface area contributed by atoms with Crippen molar-refractivity contribution in [2.75, 3.05) is 28.4 Å². The second-order valence-electron chi connectivity index (χ2n) is 4.03. The zero-order valence-corrected chi connectivity index (χ0v) is 12.5. The summed E-state index contributed by atoms with van der Waals surface area (Å²) in [6.07, 6.45) is 1.38. The van der Waals surface area contributed by atoms with Crippen molar-refractivity contribution in [1.82, 2.24) is 0 Å². The van der Waals surface area contributed by atoms with Crippen LogP contribution in [0.2, 0.25) is 0 Å². The summed E-state index contributed by atoms with van der Waals surface area (Å²) in [5, 5.41) is 0. The first-order valence-corrected chi connectivity index (χ1v) is 6.13. The lowest BCUT2D eigenvalue weighted by Crippen LogP contribution is -2.11. The topological polar surface area (TPSA) is 71.1 Å². The third-order valence-corrected chi connectivity index (χ3v) is 2.76. The molecule has 0 aliphatic rings. The van der Waals surface area contributed by atoms with Crippen molar-refractivity contribution in [2.45, 2.75) is 6.42 Å². The predicted molar refractivity (Wildman–Crippen MR) is 76.2 cm³/mol. The molecule has 0 N–H and O–H groups in total. The molecule has 6 nitrogen and oxygen atoms in total. The van der Waals surface area contributed by atoms with E-state index in [-0.39, 0.29) is 12.0 Å². The summed E-state index contributed by atoms with van der Waals surface area (Å²) in [6.45, 7) is 0. The van der Waals surface area contributed by atoms with Gasteiger partial charge in [0.1, 0.15) is 0 Å². The van der Waals surface area contributed by atoms with E-state index >= 15 is 0 Å². The highest BCUT2D eigenvalue weighted by atomic mass is 16.5. The number of ether oxygens (including phenoxy) is 4. The van der Waals surface area contributed by atoms with Gasteiger partial charge in [-0.15, -0.1) is 0 Å². The highest BCUT2D eigenvalue weighted by Crippen LogP contribution is 2.28. The number of esters is 2. The lowest BCUT2D eigenvalue weighted by molar-refractivity contribution is -0.143. The third kappa shape index (κ3) is 4.52. The molecule has 0 heterocycles. The number of carbonyl (C=O) groups excluding carboxylic acids is 2. The summed E-state index contributed by atoms with van der Waals surface area (Å²) in [5.41, 5.74) is 0.869. The van der Waals surface area contributed by atoms with Crippen molar-refractivity contribution in [2.24, 2.45) is 0 Å². The molecule has 0 unspecified atom stereocenters. The Morgan fingerprint density at radius 3 is 2.19 bits per heavy atom. The zero-order chi connectivity index (χ0) is 15.8. The Labute approximate surface area is 123 Å². The minimum Gasteiger partial charge on any atom is -0.493 e. The molecule has 1 aromatic rings. The Balaban J connectivity index is 3.14. The van der Waals surface area contributed by atoms with Crippen molar-refractivity contribution in [1.29, 1.82) is 0 Å². The van der Waals surface area contributed by atoms with Crippen LogP contribution in [0.1, 0.15) is 12.0 Å². The Morgan fingerprint density at radius 1 is 1.00 bits per heavy atom. The minimum atomic E-state index is -0.588. The van der Waals surface area contributed by atoms with Crippen LogP contribution in [0.25, 0.3) is 6.08 Å². The van der Waals surface area contributed by atoms with Crippen molar-refractivity contribution < 1.29 is 28.5 Å². The van der Waals surface area contributed by atoms with Crippen LogP contribution in [0.5, 0.6) is 11.5 Å². The monoisotopic (exact) mass is 294 g/mol. The van der Waals surface area contributed by atoms with E-state index in [0.29, 0.717) is 17.1 Å². The molecule has 6 heteroatoms.